The van der Waals surface area contributed by atoms with Crippen LogP contribution in [0.3, 0.4) is 0 Å². The predicted molar refractivity (Wildman–Crippen MR) is 49.6 cm³/mol. The quantitative estimate of drug-likeness (QED) is 0.655. The fourth-order valence-electron chi connectivity index (χ4n) is 1.91. The van der Waals surface area contributed by atoms with Crippen molar-refractivity contribution in [3.63, 3.8) is 0 Å². The molecule has 1 aliphatic carbocycles. The molecule has 0 aromatic heterocycles. The monoisotopic (exact) mass is 158 g/mol. The van der Waals surface area contributed by atoms with Gasteiger partial charge in [-0.1, -0.05) is 39.5 Å². The summed E-state index contributed by atoms with van der Waals surface area (Å²) in [5.74, 6) is 2.01. The van der Waals surface area contributed by atoms with Crippen LogP contribution in [0.5, 0.6) is 0 Å². The highest BCUT2D eigenvalue weighted by Crippen LogP contribution is 2.29. The maximum atomic E-state index is 7.00. The largest absolute Gasteiger partial charge is 0.400 e. The molecular weight excluding hydrogens is 136 g/mol. The van der Waals surface area contributed by atoms with Crippen LogP contribution in [0.1, 0.15) is 46.0 Å². The Balaban J connectivity index is 0.000000461. The van der Waals surface area contributed by atoms with E-state index in [-0.39, 0.29) is 0 Å². The summed E-state index contributed by atoms with van der Waals surface area (Å²) in [6, 6.07) is 0. The number of aliphatic hydroxyl groups is 1. The van der Waals surface area contributed by atoms with E-state index < -0.39 is 0 Å². The van der Waals surface area contributed by atoms with Crippen LogP contribution in [0.2, 0.25) is 0 Å². The highest BCUT2D eigenvalue weighted by Gasteiger charge is 2.15. The first kappa shape index (κ1) is 11.0. The zero-order valence-corrected chi connectivity index (χ0v) is 8.14. The fraction of sp³-hybridized carbons (Fsp3) is 1.00. The Bertz CT molecular complexity index is 72.9. The molecule has 0 heterocycles. The second kappa shape index (κ2) is 6.66. The van der Waals surface area contributed by atoms with Crippen LogP contribution in [0.4, 0.5) is 0 Å². The highest BCUT2D eigenvalue weighted by molar-refractivity contribution is 4.67. The molecule has 1 nitrogen and oxygen atoms in total. The van der Waals surface area contributed by atoms with Gasteiger partial charge in [0.05, 0.1) is 0 Å². The van der Waals surface area contributed by atoms with Gasteiger partial charge in [-0.25, -0.2) is 0 Å². The van der Waals surface area contributed by atoms with Crippen molar-refractivity contribution >= 4 is 0 Å². The normalized spacial score (nSPS) is 18.3. The van der Waals surface area contributed by atoms with Crippen molar-refractivity contribution in [2.45, 2.75) is 46.0 Å². The van der Waals surface area contributed by atoms with Gasteiger partial charge in [-0.05, 0) is 18.3 Å². The second-order valence-corrected chi connectivity index (χ2v) is 3.78. The standard InChI is InChI=1S/C9H18.CH4O/c1-8(2)7-9-5-3-4-6-9;1-2/h8-9H,3-7H2,1-2H3;2H,1H3. The van der Waals surface area contributed by atoms with E-state index in [4.69, 9.17) is 5.11 Å². The van der Waals surface area contributed by atoms with E-state index in [1.807, 2.05) is 0 Å². The van der Waals surface area contributed by atoms with E-state index in [2.05, 4.69) is 13.8 Å². The Morgan fingerprint density at radius 3 is 2.00 bits per heavy atom. The van der Waals surface area contributed by atoms with Gasteiger partial charge in [0.25, 0.3) is 0 Å². The van der Waals surface area contributed by atoms with Crippen LogP contribution in [0, 0.1) is 11.8 Å². The molecule has 0 unspecified atom stereocenters. The first-order chi connectivity index (χ1) is 5.29. The zero-order valence-electron chi connectivity index (χ0n) is 8.14. The van der Waals surface area contributed by atoms with Gasteiger partial charge in [0.1, 0.15) is 0 Å². The van der Waals surface area contributed by atoms with Crippen molar-refractivity contribution in [3.05, 3.63) is 0 Å². The van der Waals surface area contributed by atoms with Crippen LogP contribution < -0.4 is 0 Å². The van der Waals surface area contributed by atoms with Gasteiger partial charge < -0.3 is 5.11 Å². The molecule has 11 heavy (non-hydrogen) atoms. The molecule has 1 aliphatic rings. The molecule has 0 amide bonds. The molecule has 1 N–H and O–H groups in total. The summed E-state index contributed by atoms with van der Waals surface area (Å²) in [6.45, 7) is 4.66. The summed E-state index contributed by atoms with van der Waals surface area (Å²) in [5, 5.41) is 7.00. The highest BCUT2D eigenvalue weighted by atomic mass is 16.2. The third-order valence-electron chi connectivity index (χ3n) is 2.28. The van der Waals surface area contributed by atoms with E-state index in [9.17, 15) is 0 Å². The average Bonchev–Trinajstić information content (AvgIpc) is 2.43. The topological polar surface area (TPSA) is 20.2 Å². The van der Waals surface area contributed by atoms with E-state index in [1.54, 1.807) is 0 Å². The minimum Gasteiger partial charge on any atom is -0.400 e. The number of hydrogen-bond donors (Lipinski definition) is 1. The Hall–Kier alpha value is -0.0400. The first-order valence-corrected chi connectivity index (χ1v) is 4.73. The summed E-state index contributed by atoms with van der Waals surface area (Å²) < 4.78 is 0. The zero-order chi connectivity index (χ0) is 8.69. The van der Waals surface area contributed by atoms with Crippen LogP contribution >= 0.6 is 0 Å². The lowest BCUT2D eigenvalue weighted by Gasteiger charge is -2.10. The van der Waals surface area contributed by atoms with E-state index >= 15 is 0 Å². The Morgan fingerprint density at radius 1 is 1.18 bits per heavy atom. The SMILES string of the molecule is CC(C)CC1CCCC1.CO. The fourth-order valence-corrected chi connectivity index (χ4v) is 1.91. The third kappa shape index (κ3) is 5.25. The molecule has 0 bridgehead atoms. The molecule has 0 saturated heterocycles. The summed E-state index contributed by atoms with van der Waals surface area (Å²) in [5.41, 5.74) is 0. The van der Waals surface area contributed by atoms with Gasteiger partial charge in [0.15, 0.2) is 0 Å². The minimum absolute atomic E-state index is 0.924. The van der Waals surface area contributed by atoms with Gasteiger partial charge in [-0.3, -0.25) is 0 Å². The Kier molecular flexibility index (Phi) is 6.63. The molecule has 68 valence electrons. The van der Waals surface area contributed by atoms with E-state index in [0.717, 1.165) is 18.9 Å². The molecule has 1 heteroatoms. The van der Waals surface area contributed by atoms with Gasteiger partial charge >= 0.3 is 0 Å². The summed E-state index contributed by atoms with van der Waals surface area (Å²) in [7, 11) is 1.00. The van der Waals surface area contributed by atoms with E-state index in [1.165, 1.54) is 32.1 Å². The maximum absolute atomic E-state index is 7.00. The molecule has 0 aromatic carbocycles. The lowest BCUT2D eigenvalue weighted by atomic mass is 9.96. The number of rotatable bonds is 2. The lowest BCUT2D eigenvalue weighted by Crippen LogP contribution is -1.98. The molecule has 1 fully saturated rings. The second-order valence-electron chi connectivity index (χ2n) is 3.78. The number of hydrogen-bond acceptors (Lipinski definition) is 1. The predicted octanol–water partition coefficient (Wildman–Crippen LogP) is 2.83. The van der Waals surface area contributed by atoms with Gasteiger partial charge in [-0.2, -0.15) is 0 Å². The van der Waals surface area contributed by atoms with E-state index in [0.29, 0.717) is 0 Å². The van der Waals surface area contributed by atoms with Gasteiger partial charge in [0, 0.05) is 7.11 Å². The smallest absolute Gasteiger partial charge is 0.0319 e. The average molecular weight is 158 g/mol. The van der Waals surface area contributed by atoms with Crippen molar-refractivity contribution in [1.29, 1.82) is 0 Å². The molecule has 0 spiro atoms. The maximum Gasteiger partial charge on any atom is 0.0319 e. The molecule has 0 aliphatic heterocycles. The summed E-state index contributed by atoms with van der Waals surface area (Å²) in [4.78, 5) is 0. The Morgan fingerprint density at radius 2 is 1.64 bits per heavy atom. The molecule has 0 radical (unpaired) electrons. The molecular formula is C10H22O. The van der Waals surface area contributed by atoms with Crippen molar-refractivity contribution < 1.29 is 5.11 Å². The molecule has 0 aromatic rings. The first-order valence-electron chi connectivity index (χ1n) is 4.73. The molecule has 1 rings (SSSR count). The Labute approximate surface area is 70.8 Å². The van der Waals surface area contributed by atoms with Gasteiger partial charge in [0.2, 0.25) is 0 Å². The van der Waals surface area contributed by atoms with Gasteiger partial charge in [-0.15, -0.1) is 0 Å². The van der Waals surface area contributed by atoms with Crippen LogP contribution in [0.25, 0.3) is 0 Å². The molecule has 1 saturated carbocycles. The van der Waals surface area contributed by atoms with Crippen LogP contribution in [-0.2, 0) is 0 Å². The van der Waals surface area contributed by atoms with Crippen LogP contribution in [-0.4, -0.2) is 12.2 Å². The van der Waals surface area contributed by atoms with Crippen molar-refractivity contribution in [2.24, 2.45) is 11.8 Å². The number of aliphatic hydroxyl groups excluding tert-OH is 1. The summed E-state index contributed by atoms with van der Waals surface area (Å²) in [6.07, 6.45) is 7.49. The minimum atomic E-state index is 0.924. The lowest BCUT2D eigenvalue weighted by molar-refractivity contribution is 0.399. The van der Waals surface area contributed by atoms with Crippen LogP contribution in [0.15, 0.2) is 0 Å². The molecule has 0 atom stereocenters. The van der Waals surface area contributed by atoms with Crippen molar-refractivity contribution in [2.75, 3.05) is 7.11 Å². The van der Waals surface area contributed by atoms with Crippen molar-refractivity contribution in [1.82, 2.24) is 0 Å². The third-order valence-corrected chi connectivity index (χ3v) is 2.28. The summed E-state index contributed by atoms with van der Waals surface area (Å²) >= 11 is 0. The van der Waals surface area contributed by atoms with Crippen molar-refractivity contribution in [3.8, 4) is 0 Å².